The summed E-state index contributed by atoms with van der Waals surface area (Å²) in [4.78, 5) is 10.6. The van der Waals surface area contributed by atoms with Crippen molar-refractivity contribution < 1.29 is 4.79 Å². The lowest BCUT2D eigenvalue weighted by molar-refractivity contribution is -0.111. The molecule has 0 aliphatic heterocycles. The van der Waals surface area contributed by atoms with Crippen molar-refractivity contribution in [1.29, 1.82) is 0 Å². The molecule has 0 radical (unpaired) electrons. The monoisotopic (exact) mass is 206 g/mol. The Labute approximate surface area is 92.9 Å². The minimum absolute atomic E-state index is 0.320. The van der Waals surface area contributed by atoms with Crippen LogP contribution in [0.5, 0.6) is 0 Å². The van der Waals surface area contributed by atoms with Gasteiger partial charge in [0.05, 0.1) is 0 Å². The van der Waals surface area contributed by atoms with Gasteiger partial charge in [0, 0.05) is 5.92 Å². The molecule has 0 heterocycles. The first kappa shape index (κ1) is 10.9. The second kappa shape index (κ2) is 5.48. The van der Waals surface area contributed by atoms with E-state index in [0.717, 1.165) is 25.0 Å². The van der Waals surface area contributed by atoms with Crippen LogP contribution in [0.1, 0.15) is 57.8 Å². The van der Waals surface area contributed by atoms with Crippen molar-refractivity contribution in [1.82, 2.24) is 0 Å². The Hall–Kier alpha value is -0.590. The molecule has 0 saturated heterocycles. The standard InChI is InChI=1S/C14H22O/c15-11-14-9-7-13(8-10-14)6-5-12-3-1-2-4-12/h7,11-12,14H,1-6,8-10H2. The molecular formula is C14H22O. The van der Waals surface area contributed by atoms with Crippen LogP contribution < -0.4 is 0 Å². The number of hydrogen-bond donors (Lipinski definition) is 0. The van der Waals surface area contributed by atoms with Crippen molar-refractivity contribution in [3.8, 4) is 0 Å². The highest BCUT2D eigenvalue weighted by Gasteiger charge is 2.17. The number of allylic oxidation sites excluding steroid dienone is 2. The largest absolute Gasteiger partial charge is 0.303 e. The van der Waals surface area contributed by atoms with Gasteiger partial charge < -0.3 is 4.79 Å². The van der Waals surface area contributed by atoms with E-state index in [0.29, 0.717) is 5.92 Å². The molecule has 0 amide bonds. The van der Waals surface area contributed by atoms with Crippen LogP contribution in [0.15, 0.2) is 11.6 Å². The lowest BCUT2D eigenvalue weighted by Gasteiger charge is -2.18. The van der Waals surface area contributed by atoms with Gasteiger partial charge in [-0.2, -0.15) is 0 Å². The van der Waals surface area contributed by atoms with E-state index in [2.05, 4.69) is 6.08 Å². The summed E-state index contributed by atoms with van der Waals surface area (Å²) >= 11 is 0. The maximum atomic E-state index is 10.6. The van der Waals surface area contributed by atoms with Crippen LogP contribution in [0.4, 0.5) is 0 Å². The van der Waals surface area contributed by atoms with Crippen molar-refractivity contribution in [3.63, 3.8) is 0 Å². The van der Waals surface area contributed by atoms with Crippen molar-refractivity contribution in [2.24, 2.45) is 11.8 Å². The molecule has 1 nitrogen and oxygen atoms in total. The van der Waals surface area contributed by atoms with E-state index in [1.54, 1.807) is 5.57 Å². The van der Waals surface area contributed by atoms with Gasteiger partial charge in [0.1, 0.15) is 6.29 Å². The van der Waals surface area contributed by atoms with Crippen molar-refractivity contribution in [2.45, 2.75) is 57.8 Å². The van der Waals surface area contributed by atoms with Crippen LogP contribution >= 0.6 is 0 Å². The topological polar surface area (TPSA) is 17.1 Å². The van der Waals surface area contributed by atoms with E-state index in [9.17, 15) is 4.79 Å². The second-order valence-corrected chi connectivity index (χ2v) is 5.22. The van der Waals surface area contributed by atoms with E-state index < -0.39 is 0 Å². The summed E-state index contributed by atoms with van der Waals surface area (Å²) in [6.07, 6.45) is 15.3. The molecule has 15 heavy (non-hydrogen) atoms. The SMILES string of the molecule is O=CC1CC=C(CCC2CCCC2)CC1. The predicted octanol–water partition coefficient (Wildman–Crippen LogP) is 3.88. The van der Waals surface area contributed by atoms with Crippen molar-refractivity contribution in [2.75, 3.05) is 0 Å². The molecule has 1 fully saturated rings. The summed E-state index contributed by atoms with van der Waals surface area (Å²) in [6, 6.07) is 0. The number of hydrogen-bond acceptors (Lipinski definition) is 1. The van der Waals surface area contributed by atoms with Gasteiger partial charge in [-0.3, -0.25) is 0 Å². The fraction of sp³-hybridized carbons (Fsp3) is 0.786. The molecule has 0 aromatic rings. The first-order valence-electron chi connectivity index (χ1n) is 6.51. The van der Waals surface area contributed by atoms with Gasteiger partial charge in [0.2, 0.25) is 0 Å². The van der Waals surface area contributed by atoms with E-state index >= 15 is 0 Å². The van der Waals surface area contributed by atoms with Gasteiger partial charge in [0.25, 0.3) is 0 Å². The van der Waals surface area contributed by atoms with Gasteiger partial charge >= 0.3 is 0 Å². The first-order valence-corrected chi connectivity index (χ1v) is 6.51. The summed E-state index contributed by atoms with van der Waals surface area (Å²) in [7, 11) is 0. The first-order chi connectivity index (χ1) is 7.38. The van der Waals surface area contributed by atoms with Crippen LogP contribution in [0.2, 0.25) is 0 Å². The molecule has 1 saturated carbocycles. The summed E-state index contributed by atoms with van der Waals surface area (Å²) in [5.74, 6) is 1.33. The molecule has 1 atom stereocenters. The van der Waals surface area contributed by atoms with Gasteiger partial charge in [-0.15, -0.1) is 0 Å². The third kappa shape index (κ3) is 3.19. The third-order valence-electron chi connectivity index (χ3n) is 4.09. The molecular weight excluding hydrogens is 184 g/mol. The summed E-state index contributed by atoms with van der Waals surface area (Å²) in [5.41, 5.74) is 1.63. The Morgan fingerprint density at radius 1 is 1.27 bits per heavy atom. The fourth-order valence-corrected chi connectivity index (χ4v) is 2.95. The molecule has 0 aromatic heterocycles. The van der Waals surface area contributed by atoms with Gasteiger partial charge in [-0.05, 0) is 38.0 Å². The number of carbonyl (C=O) groups is 1. The van der Waals surface area contributed by atoms with E-state index in [4.69, 9.17) is 0 Å². The Balaban J connectivity index is 1.70. The third-order valence-corrected chi connectivity index (χ3v) is 4.09. The van der Waals surface area contributed by atoms with Crippen molar-refractivity contribution in [3.05, 3.63) is 11.6 Å². The van der Waals surface area contributed by atoms with Crippen LogP contribution in [0, 0.1) is 11.8 Å². The lowest BCUT2D eigenvalue weighted by atomic mass is 9.87. The lowest BCUT2D eigenvalue weighted by Crippen LogP contribution is -2.07. The zero-order chi connectivity index (χ0) is 10.5. The minimum atomic E-state index is 0.320. The Bertz CT molecular complexity index is 236. The number of aldehydes is 1. The Morgan fingerprint density at radius 2 is 2.07 bits per heavy atom. The Morgan fingerprint density at radius 3 is 2.67 bits per heavy atom. The summed E-state index contributed by atoms with van der Waals surface area (Å²) in [5, 5.41) is 0. The molecule has 0 bridgehead atoms. The van der Waals surface area contributed by atoms with E-state index in [-0.39, 0.29) is 0 Å². The minimum Gasteiger partial charge on any atom is -0.303 e. The maximum absolute atomic E-state index is 10.6. The zero-order valence-electron chi connectivity index (χ0n) is 9.58. The average Bonchev–Trinajstić information content (AvgIpc) is 2.80. The fourth-order valence-electron chi connectivity index (χ4n) is 2.95. The Kier molecular flexibility index (Phi) is 3.99. The highest BCUT2D eigenvalue weighted by atomic mass is 16.1. The van der Waals surface area contributed by atoms with E-state index in [1.165, 1.54) is 44.9 Å². The van der Waals surface area contributed by atoms with Gasteiger partial charge in [0.15, 0.2) is 0 Å². The summed E-state index contributed by atoms with van der Waals surface area (Å²) < 4.78 is 0. The molecule has 0 N–H and O–H groups in total. The van der Waals surface area contributed by atoms with Crippen LogP contribution in [0.3, 0.4) is 0 Å². The molecule has 0 spiro atoms. The molecule has 2 aliphatic carbocycles. The van der Waals surface area contributed by atoms with Crippen LogP contribution in [0.25, 0.3) is 0 Å². The highest BCUT2D eigenvalue weighted by Crippen LogP contribution is 2.32. The highest BCUT2D eigenvalue weighted by molar-refractivity contribution is 5.54. The van der Waals surface area contributed by atoms with Gasteiger partial charge in [-0.1, -0.05) is 37.3 Å². The van der Waals surface area contributed by atoms with Crippen molar-refractivity contribution >= 4 is 6.29 Å². The predicted molar refractivity (Wildman–Crippen MR) is 62.7 cm³/mol. The quantitative estimate of drug-likeness (QED) is 0.504. The second-order valence-electron chi connectivity index (χ2n) is 5.22. The molecule has 84 valence electrons. The zero-order valence-corrected chi connectivity index (χ0v) is 9.58. The van der Waals surface area contributed by atoms with E-state index in [1.807, 2.05) is 0 Å². The molecule has 0 aromatic carbocycles. The number of carbonyl (C=O) groups excluding carboxylic acids is 1. The molecule has 1 unspecified atom stereocenters. The number of rotatable bonds is 4. The summed E-state index contributed by atoms with van der Waals surface area (Å²) in [6.45, 7) is 0. The molecule has 1 heteroatoms. The van der Waals surface area contributed by atoms with Gasteiger partial charge in [-0.25, -0.2) is 0 Å². The average molecular weight is 206 g/mol. The molecule has 2 aliphatic rings. The van der Waals surface area contributed by atoms with Crippen LogP contribution in [-0.2, 0) is 4.79 Å². The smallest absolute Gasteiger partial charge is 0.123 e. The molecule has 2 rings (SSSR count). The maximum Gasteiger partial charge on any atom is 0.123 e. The van der Waals surface area contributed by atoms with Crippen LogP contribution in [-0.4, -0.2) is 6.29 Å². The normalized spacial score (nSPS) is 27.7.